The molecule has 2 aliphatic rings. The molecule has 138 valence electrons. The number of carbonyl (C=O) groups excluding carboxylic acids is 1. The molecule has 1 amide bonds. The maximum atomic E-state index is 12.7. The third-order valence-electron chi connectivity index (χ3n) is 6.34. The molecule has 1 aromatic carbocycles. The van der Waals surface area contributed by atoms with E-state index in [0.29, 0.717) is 12.0 Å². The summed E-state index contributed by atoms with van der Waals surface area (Å²) in [5.41, 5.74) is 1.41. The van der Waals surface area contributed by atoms with Crippen molar-refractivity contribution in [3.63, 3.8) is 0 Å². The lowest BCUT2D eigenvalue weighted by Gasteiger charge is -2.34. The number of rotatable bonds is 5. The van der Waals surface area contributed by atoms with Crippen LogP contribution < -0.4 is 15.1 Å². The molecule has 3 atom stereocenters. The zero-order valence-corrected chi connectivity index (χ0v) is 15.9. The second-order valence-corrected chi connectivity index (χ2v) is 8.17. The van der Waals surface area contributed by atoms with Crippen LogP contribution in [0.4, 0.5) is 0 Å². The normalized spacial score (nSPS) is 31.3. The highest BCUT2D eigenvalue weighted by Crippen LogP contribution is 2.23. The van der Waals surface area contributed by atoms with Crippen molar-refractivity contribution < 1.29 is 14.6 Å². The number of quaternary nitrogens is 2. The fraction of sp³-hybridized carbons (Fsp3) is 0.667. The Morgan fingerprint density at radius 3 is 2.48 bits per heavy atom. The van der Waals surface area contributed by atoms with Gasteiger partial charge in [-0.2, -0.15) is 0 Å². The van der Waals surface area contributed by atoms with Crippen LogP contribution in [0.15, 0.2) is 30.3 Å². The van der Waals surface area contributed by atoms with E-state index in [4.69, 9.17) is 0 Å². The van der Waals surface area contributed by atoms with Gasteiger partial charge in [0.1, 0.15) is 32.7 Å². The Hall–Kier alpha value is -1.39. The van der Waals surface area contributed by atoms with E-state index < -0.39 is 0 Å². The van der Waals surface area contributed by atoms with E-state index in [0.717, 1.165) is 39.1 Å². The van der Waals surface area contributed by atoms with Crippen LogP contribution in [-0.2, 0) is 11.3 Å². The predicted molar refractivity (Wildman–Crippen MR) is 101 cm³/mol. The second-order valence-electron chi connectivity index (χ2n) is 8.17. The van der Waals surface area contributed by atoms with Gasteiger partial charge < -0.3 is 15.1 Å². The highest BCUT2D eigenvalue weighted by Gasteiger charge is 2.33. The SMILES string of the molecule is C[C@H](C(=O)N[C@@H]1CCCC[C@@H]1C)[NH+]1CC[NH+](Cc2ccccc2)CC1. The number of hydrogen-bond acceptors (Lipinski definition) is 1. The fourth-order valence-electron chi connectivity index (χ4n) is 4.44. The lowest BCUT2D eigenvalue weighted by Crippen LogP contribution is -3.29. The number of benzene rings is 1. The van der Waals surface area contributed by atoms with Crippen molar-refractivity contribution in [3.8, 4) is 0 Å². The molecule has 1 saturated carbocycles. The molecule has 1 aliphatic carbocycles. The van der Waals surface area contributed by atoms with Gasteiger partial charge in [-0.15, -0.1) is 0 Å². The topological polar surface area (TPSA) is 38.0 Å². The fourth-order valence-corrected chi connectivity index (χ4v) is 4.44. The summed E-state index contributed by atoms with van der Waals surface area (Å²) in [5, 5.41) is 3.35. The third kappa shape index (κ3) is 5.05. The van der Waals surface area contributed by atoms with Crippen molar-refractivity contribution in [2.45, 2.75) is 58.2 Å². The maximum Gasteiger partial charge on any atom is 0.278 e. The first-order valence-corrected chi connectivity index (χ1v) is 10.2. The van der Waals surface area contributed by atoms with Gasteiger partial charge >= 0.3 is 0 Å². The van der Waals surface area contributed by atoms with Crippen molar-refractivity contribution in [2.24, 2.45) is 5.92 Å². The van der Waals surface area contributed by atoms with Crippen LogP contribution in [0.5, 0.6) is 0 Å². The molecule has 0 spiro atoms. The molecular weight excluding hydrogens is 310 g/mol. The van der Waals surface area contributed by atoms with Crippen LogP contribution in [0.3, 0.4) is 0 Å². The predicted octanol–water partition coefficient (Wildman–Crippen LogP) is 0.0534. The first kappa shape index (κ1) is 18.4. The minimum atomic E-state index is 0.0763. The van der Waals surface area contributed by atoms with Crippen LogP contribution in [-0.4, -0.2) is 44.2 Å². The molecule has 0 bridgehead atoms. The average molecular weight is 346 g/mol. The van der Waals surface area contributed by atoms with Crippen molar-refractivity contribution in [2.75, 3.05) is 26.2 Å². The highest BCUT2D eigenvalue weighted by molar-refractivity contribution is 5.80. The minimum Gasteiger partial charge on any atom is -0.348 e. The Kier molecular flexibility index (Phi) is 6.49. The minimum absolute atomic E-state index is 0.0763. The van der Waals surface area contributed by atoms with Crippen molar-refractivity contribution in [1.29, 1.82) is 0 Å². The molecule has 3 rings (SSSR count). The molecule has 1 aromatic rings. The zero-order valence-electron chi connectivity index (χ0n) is 15.9. The van der Waals surface area contributed by atoms with Crippen LogP contribution >= 0.6 is 0 Å². The molecular formula is C21H35N3O+2. The van der Waals surface area contributed by atoms with Gasteiger partial charge in [-0.3, -0.25) is 4.79 Å². The van der Waals surface area contributed by atoms with Gasteiger partial charge in [0.25, 0.3) is 5.91 Å². The Bertz CT molecular complexity index is 539. The molecule has 3 N–H and O–H groups in total. The van der Waals surface area contributed by atoms with E-state index >= 15 is 0 Å². The van der Waals surface area contributed by atoms with E-state index in [9.17, 15) is 4.79 Å². The molecule has 0 aromatic heterocycles. The van der Waals surface area contributed by atoms with Gasteiger partial charge in [-0.05, 0) is 25.7 Å². The molecule has 1 aliphatic heterocycles. The summed E-state index contributed by atoms with van der Waals surface area (Å²) in [5.74, 6) is 0.896. The standard InChI is InChI=1S/C21H33N3O/c1-17-8-6-7-11-20(17)22-21(25)18(2)24-14-12-23(13-15-24)16-19-9-4-3-5-10-19/h3-5,9-10,17-18,20H,6-8,11-16H2,1-2H3,(H,22,25)/p+2/t17-,18+,20+/m0/s1. The Morgan fingerprint density at radius 2 is 1.80 bits per heavy atom. The van der Waals surface area contributed by atoms with E-state index in [-0.39, 0.29) is 11.9 Å². The highest BCUT2D eigenvalue weighted by atomic mass is 16.2. The zero-order chi connectivity index (χ0) is 17.6. The molecule has 25 heavy (non-hydrogen) atoms. The Labute approximate surface area is 152 Å². The monoisotopic (exact) mass is 345 g/mol. The van der Waals surface area contributed by atoms with E-state index in [2.05, 4.69) is 49.5 Å². The lowest BCUT2D eigenvalue weighted by molar-refractivity contribution is -1.02. The number of amides is 1. The van der Waals surface area contributed by atoms with Crippen molar-refractivity contribution >= 4 is 5.91 Å². The molecule has 0 radical (unpaired) electrons. The third-order valence-corrected chi connectivity index (χ3v) is 6.34. The smallest absolute Gasteiger partial charge is 0.278 e. The summed E-state index contributed by atoms with van der Waals surface area (Å²) in [7, 11) is 0. The Balaban J connectivity index is 1.44. The van der Waals surface area contributed by atoms with Crippen molar-refractivity contribution in [1.82, 2.24) is 5.32 Å². The molecule has 1 saturated heterocycles. The number of nitrogens with one attached hydrogen (secondary N) is 3. The molecule has 4 nitrogen and oxygen atoms in total. The molecule has 4 heteroatoms. The maximum absolute atomic E-state index is 12.7. The van der Waals surface area contributed by atoms with Gasteiger partial charge in [-0.1, -0.05) is 50.1 Å². The average Bonchev–Trinajstić information content (AvgIpc) is 2.64. The molecule has 0 unspecified atom stereocenters. The lowest BCUT2D eigenvalue weighted by atomic mass is 9.86. The second kappa shape index (κ2) is 8.81. The summed E-state index contributed by atoms with van der Waals surface area (Å²) in [6, 6.07) is 11.2. The van der Waals surface area contributed by atoms with Gasteiger partial charge in [0.2, 0.25) is 0 Å². The van der Waals surface area contributed by atoms with Gasteiger partial charge in [0.15, 0.2) is 6.04 Å². The first-order chi connectivity index (χ1) is 12.1. The summed E-state index contributed by atoms with van der Waals surface area (Å²) < 4.78 is 0. The van der Waals surface area contributed by atoms with E-state index in [1.165, 1.54) is 29.7 Å². The van der Waals surface area contributed by atoms with Crippen LogP contribution in [0, 0.1) is 5.92 Å². The van der Waals surface area contributed by atoms with Crippen LogP contribution in [0.2, 0.25) is 0 Å². The first-order valence-electron chi connectivity index (χ1n) is 10.2. The van der Waals surface area contributed by atoms with Gasteiger partial charge in [0, 0.05) is 11.6 Å². The summed E-state index contributed by atoms with van der Waals surface area (Å²) in [4.78, 5) is 15.8. The summed E-state index contributed by atoms with van der Waals surface area (Å²) in [6.45, 7) is 10.00. The number of hydrogen-bond donors (Lipinski definition) is 3. The van der Waals surface area contributed by atoms with Crippen molar-refractivity contribution in [3.05, 3.63) is 35.9 Å². The van der Waals surface area contributed by atoms with E-state index in [1.54, 1.807) is 4.90 Å². The Morgan fingerprint density at radius 1 is 1.12 bits per heavy atom. The number of piperazine rings is 1. The van der Waals surface area contributed by atoms with Gasteiger partial charge in [0.05, 0.1) is 0 Å². The molecule has 2 fully saturated rings. The largest absolute Gasteiger partial charge is 0.348 e. The van der Waals surface area contributed by atoms with Crippen LogP contribution in [0.1, 0.15) is 45.1 Å². The number of carbonyl (C=O) groups is 1. The summed E-state index contributed by atoms with van der Waals surface area (Å²) >= 11 is 0. The van der Waals surface area contributed by atoms with Crippen LogP contribution in [0.25, 0.3) is 0 Å². The van der Waals surface area contributed by atoms with Gasteiger partial charge in [-0.25, -0.2) is 0 Å². The van der Waals surface area contributed by atoms with E-state index in [1.807, 2.05) is 0 Å². The quantitative estimate of drug-likeness (QED) is 0.693. The molecule has 1 heterocycles. The summed E-state index contributed by atoms with van der Waals surface area (Å²) in [6.07, 6.45) is 5.00.